The number of aryl methyl sites for hydroxylation is 1. The van der Waals surface area contributed by atoms with Crippen LogP contribution in [0.5, 0.6) is 0 Å². The molecule has 9 nitrogen and oxygen atoms in total. The fraction of sp³-hybridized carbons (Fsp3) is 0.0526. The number of hydrogen-bond acceptors (Lipinski definition) is 7. The molecule has 0 bridgehead atoms. The number of H-pyrrole nitrogens is 1. The summed E-state index contributed by atoms with van der Waals surface area (Å²) >= 11 is 7.34. The van der Waals surface area contributed by atoms with Crippen LogP contribution in [0.1, 0.15) is 5.69 Å². The van der Waals surface area contributed by atoms with Crippen molar-refractivity contribution in [2.75, 3.05) is 0 Å². The van der Waals surface area contributed by atoms with E-state index in [1.165, 1.54) is 34.2 Å². The van der Waals surface area contributed by atoms with Gasteiger partial charge in [0.25, 0.3) is 5.69 Å². The Bertz CT molecular complexity index is 1330. The number of nitrogens with zero attached hydrogens (tertiary/aromatic N) is 5. The van der Waals surface area contributed by atoms with E-state index in [2.05, 4.69) is 20.3 Å². The third-order valence-corrected chi connectivity index (χ3v) is 5.32. The number of nitrogens with one attached hydrogen (secondary N) is 1. The highest BCUT2D eigenvalue weighted by molar-refractivity contribution is 7.12. The Labute approximate surface area is 178 Å². The molecule has 0 amide bonds. The summed E-state index contributed by atoms with van der Waals surface area (Å²) in [7, 11) is 0. The zero-order chi connectivity index (χ0) is 21.3. The van der Waals surface area contributed by atoms with Crippen molar-refractivity contribution in [3.8, 4) is 16.4 Å². The van der Waals surface area contributed by atoms with E-state index in [1.54, 1.807) is 6.92 Å². The lowest BCUT2D eigenvalue weighted by molar-refractivity contribution is -0.384. The van der Waals surface area contributed by atoms with Crippen molar-refractivity contribution < 1.29 is 4.92 Å². The summed E-state index contributed by atoms with van der Waals surface area (Å²) in [6, 6.07) is 13.5. The van der Waals surface area contributed by atoms with Gasteiger partial charge in [-0.05, 0) is 13.0 Å². The van der Waals surface area contributed by atoms with Gasteiger partial charge in [-0.15, -0.1) is 21.6 Å². The Balaban J connectivity index is 1.65. The standard InChI is InChI=1S/C19H13ClN6O3S/c1-11-17(23-22-15-8-7-13(26(28)29)9-14(15)20)18(27)25(24-11)19-21-16(10-30-19)12-5-3-2-4-6-12/h2-10,24H,1H3. The highest BCUT2D eigenvalue weighted by atomic mass is 35.5. The molecule has 0 unspecified atom stereocenters. The first kappa shape index (κ1) is 19.7. The largest absolute Gasteiger partial charge is 0.301 e. The molecule has 30 heavy (non-hydrogen) atoms. The van der Waals surface area contributed by atoms with E-state index < -0.39 is 10.5 Å². The molecule has 0 saturated heterocycles. The van der Waals surface area contributed by atoms with Crippen molar-refractivity contribution in [1.29, 1.82) is 0 Å². The first-order valence-electron chi connectivity index (χ1n) is 8.62. The summed E-state index contributed by atoms with van der Waals surface area (Å²) in [5.74, 6) is 0. The Morgan fingerprint density at radius 1 is 1.20 bits per heavy atom. The Kier molecular flexibility index (Phi) is 5.25. The average Bonchev–Trinajstić information content (AvgIpc) is 3.33. The molecule has 2 heterocycles. The molecular weight excluding hydrogens is 428 g/mol. The zero-order valence-corrected chi connectivity index (χ0v) is 17.0. The molecule has 0 aliphatic rings. The predicted octanol–water partition coefficient (Wildman–Crippen LogP) is 5.57. The van der Waals surface area contributed by atoms with Crippen LogP contribution < -0.4 is 5.56 Å². The molecule has 2 aromatic carbocycles. The second-order valence-electron chi connectivity index (χ2n) is 6.20. The van der Waals surface area contributed by atoms with Gasteiger partial charge in [0.1, 0.15) is 5.69 Å². The second-order valence-corrected chi connectivity index (χ2v) is 7.44. The van der Waals surface area contributed by atoms with Gasteiger partial charge in [-0.2, -0.15) is 4.68 Å². The molecule has 0 atom stereocenters. The summed E-state index contributed by atoms with van der Waals surface area (Å²) < 4.78 is 1.30. The number of azo groups is 1. The van der Waals surface area contributed by atoms with Crippen LogP contribution in [0.2, 0.25) is 5.02 Å². The summed E-state index contributed by atoms with van der Waals surface area (Å²) in [5, 5.41) is 24.1. The molecule has 11 heteroatoms. The summed E-state index contributed by atoms with van der Waals surface area (Å²) in [6.45, 7) is 1.69. The van der Waals surface area contributed by atoms with Crippen LogP contribution in [0.4, 0.5) is 17.1 Å². The maximum Gasteiger partial charge on any atom is 0.301 e. The normalized spacial score (nSPS) is 11.3. The molecular formula is C19H13ClN6O3S. The van der Waals surface area contributed by atoms with Crippen LogP contribution in [0.15, 0.2) is 68.9 Å². The van der Waals surface area contributed by atoms with E-state index in [1.807, 2.05) is 35.7 Å². The Morgan fingerprint density at radius 2 is 1.97 bits per heavy atom. The van der Waals surface area contributed by atoms with Crippen LogP contribution in [0, 0.1) is 17.0 Å². The third-order valence-electron chi connectivity index (χ3n) is 4.19. The van der Waals surface area contributed by atoms with Gasteiger partial charge in [0, 0.05) is 23.1 Å². The maximum atomic E-state index is 12.8. The van der Waals surface area contributed by atoms with Gasteiger partial charge in [-0.1, -0.05) is 41.9 Å². The minimum absolute atomic E-state index is 0.0638. The summed E-state index contributed by atoms with van der Waals surface area (Å²) in [5.41, 5.74) is 1.95. The van der Waals surface area contributed by atoms with Gasteiger partial charge in [0.15, 0.2) is 5.69 Å². The van der Waals surface area contributed by atoms with Gasteiger partial charge in [-0.25, -0.2) is 4.98 Å². The lowest BCUT2D eigenvalue weighted by Gasteiger charge is -1.96. The minimum atomic E-state index is -0.556. The topological polar surface area (TPSA) is 119 Å². The van der Waals surface area contributed by atoms with Crippen LogP contribution in [-0.2, 0) is 0 Å². The molecule has 0 spiro atoms. The average molecular weight is 441 g/mol. The van der Waals surface area contributed by atoms with Gasteiger partial charge in [0.05, 0.1) is 21.3 Å². The van der Waals surface area contributed by atoms with Gasteiger partial charge in [0.2, 0.25) is 5.13 Å². The molecule has 0 fully saturated rings. The van der Waals surface area contributed by atoms with Gasteiger partial charge >= 0.3 is 5.56 Å². The number of aromatic amines is 1. The smallest absolute Gasteiger partial charge is 0.291 e. The monoisotopic (exact) mass is 440 g/mol. The highest BCUT2D eigenvalue weighted by Gasteiger charge is 2.16. The third kappa shape index (κ3) is 3.78. The molecule has 1 N–H and O–H groups in total. The number of nitro groups is 1. The quantitative estimate of drug-likeness (QED) is 0.247. The molecule has 0 radical (unpaired) electrons. The van der Waals surface area contributed by atoms with Crippen LogP contribution in [0.3, 0.4) is 0 Å². The molecule has 4 aromatic rings. The van der Waals surface area contributed by atoms with E-state index in [0.29, 0.717) is 10.8 Å². The minimum Gasteiger partial charge on any atom is -0.291 e. The van der Waals surface area contributed by atoms with E-state index in [4.69, 9.17) is 11.6 Å². The predicted molar refractivity (Wildman–Crippen MR) is 115 cm³/mol. The van der Waals surface area contributed by atoms with Crippen LogP contribution in [-0.4, -0.2) is 19.7 Å². The van der Waals surface area contributed by atoms with Crippen LogP contribution in [0.25, 0.3) is 16.4 Å². The molecule has 0 aliphatic carbocycles. The van der Waals surface area contributed by atoms with Crippen molar-refractivity contribution in [2.45, 2.75) is 6.92 Å². The Hall–Kier alpha value is -3.63. The van der Waals surface area contributed by atoms with Crippen molar-refractivity contribution in [3.63, 3.8) is 0 Å². The molecule has 150 valence electrons. The first-order valence-corrected chi connectivity index (χ1v) is 9.88. The molecule has 0 aliphatic heterocycles. The number of rotatable bonds is 5. The van der Waals surface area contributed by atoms with E-state index in [9.17, 15) is 14.9 Å². The lowest BCUT2D eigenvalue weighted by atomic mass is 10.2. The number of nitro benzene ring substituents is 1. The fourth-order valence-corrected chi connectivity index (χ4v) is 3.70. The van der Waals surface area contributed by atoms with Crippen LogP contribution >= 0.6 is 22.9 Å². The van der Waals surface area contributed by atoms with Crippen molar-refractivity contribution >= 4 is 40.0 Å². The second kappa shape index (κ2) is 8.01. The van der Waals surface area contributed by atoms with E-state index >= 15 is 0 Å². The van der Waals surface area contributed by atoms with Crippen molar-refractivity contribution in [3.05, 3.63) is 85.1 Å². The fourth-order valence-electron chi connectivity index (χ4n) is 2.69. The first-order chi connectivity index (χ1) is 14.4. The van der Waals surface area contributed by atoms with Crippen molar-refractivity contribution in [2.24, 2.45) is 10.2 Å². The van der Waals surface area contributed by atoms with Gasteiger partial charge < -0.3 is 0 Å². The highest BCUT2D eigenvalue weighted by Crippen LogP contribution is 2.30. The van der Waals surface area contributed by atoms with E-state index in [-0.39, 0.29) is 22.1 Å². The lowest BCUT2D eigenvalue weighted by Crippen LogP contribution is -2.13. The maximum absolute atomic E-state index is 12.8. The molecule has 4 rings (SSSR count). The number of aromatic nitrogens is 3. The SMILES string of the molecule is Cc1[nH]n(-c2nc(-c3ccccc3)cs2)c(=O)c1N=Nc1ccc([N+](=O)[O-])cc1Cl. The summed E-state index contributed by atoms with van der Waals surface area (Å²) in [6.07, 6.45) is 0. The molecule has 0 saturated carbocycles. The number of hydrogen-bond donors (Lipinski definition) is 1. The van der Waals surface area contributed by atoms with E-state index in [0.717, 1.165) is 11.3 Å². The number of non-ortho nitro benzene ring substituents is 1. The number of thiazole rings is 1. The Morgan fingerprint density at radius 3 is 2.67 bits per heavy atom. The zero-order valence-electron chi connectivity index (χ0n) is 15.4. The van der Waals surface area contributed by atoms with Crippen molar-refractivity contribution in [1.82, 2.24) is 14.8 Å². The van der Waals surface area contributed by atoms with Gasteiger partial charge in [-0.3, -0.25) is 20.0 Å². The number of benzene rings is 2. The number of halogens is 1. The summed E-state index contributed by atoms with van der Waals surface area (Å²) in [4.78, 5) is 27.6. The molecule has 2 aromatic heterocycles.